The third-order valence-corrected chi connectivity index (χ3v) is 7.14. The molecule has 3 amide bonds. The highest BCUT2D eigenvalue weighted by Crippen LogP contribution is 2.52. The van der Waals surface area contributed by atoms with Crippen LogP contribution >= 0.6 is 0 Å². The number of likely N-dealkylation sites (tertiary alicyclic amines) is 1. The van der Waals surface area contributed by atoms with Gasteiger partial charge in [0.05, 0.1) is 25.8 Å². The predicted octanol–water partition coefficient (Wildman–Crippen LogP) is 2.03. The lowest BCUT2D eigenvalue weighted by Crippen LogP contribution is -2.47. The van der Waals surface area contributed by atoms with Gasteiger partial charge in [-0.1, -0.05) is 0 Å². The van der Waals surface area contributed by atoms with Crippen molar-refractivity contribution in [2.75, 3.05) is 26.8 Å². The monoisotopic (exact) mass is 503 g/mol. The number of rotatable bonds is 6. The van der Waals surface area contributed by atoms with Crippen LogP contribution in [-0.2, 0) is 26.3 Å². The molecule has 1 spiro atoms. The summed E-state index contributed by atoms with van der Waals surface area (Å²) in [4.78, 5) is 52.1. The van der Waals surface area contributed by atoms with Gasteiger partial charge >= 0.3 is 12.1 Å². The number of methoxy groups -OCH3 is 1. The number of carbonyl (C=O) groups is 4. The Morgan fingerprint density at radius 2 is 1.92 bits per heavy atom. The molecule has 3 aliphatic heterocycles. The van der Waals surface area contributed by atoms with Crippen molar-refractivity contribution >= 4 is 23.9 Å². The summed E-state index contributed by atoms with van der Waals surface area (Å²) in [5.74, 6) is -1.32. The zero-order chi connectivity index (χ0) is 26.4. The highest BCUT2D eigenvalue weighted by molar-refractivity contribution is 6.04. The number of nitrogens with two attached hydrogens (primary N) is 1. The molecule has 3 aliphatic rings. The molecule has 1 saturated heterocycles. The summed E-state index contributed by atoms with van der Waals surface area (Å²) in [5.41, 5.74) is 6.45. The maximum absolute atomic E-state index is 13.3. The van der Waals surface area contributed by atoms with Crippen molar-refractivity contribution in [3.63, 3.8) is 0 Å². The van der Waals surface area contributed by atoms with E-state index in [1.54, 1.807) is 4.90 Å². The van der Waals surface area contributed by atoms with Crippen LogP contribution in [-0.4, -0.2) is 77.2 Å². The van der Waals surface area contributed by atoms with Gasteiger partial charge in [0, 0.05) is 36.1 Å². The number of carboxylic acids is 1. The van der Waals surface area contributed by atoms with Gasteiger partial charge in [-0.15, -0.1) is 0 Å². The van der Waals surface area contributed by atoms with E-state index in [4.69, 9.17) is 25.1 Å². The average Bonchev–Trinajstić information content (AvgIpc) is 3.31. The number of fused-ring (bicyclic) bond motifs is 4. The Balaban J connectivity index is 1.61. The molecular formula is C25H33N3O8. The Morgan fingerprint density at radius 1 is 1.25 bits per heavy atom. The summed E-state index contributed by atoms with van der Waals surface area (Å²) in [6.07, 6.45) is 0.586. The van der Waals surface area contributed by atoms with Crippen molar-refractivity contribution in [1.82, 2.24) is 9.80 Å². The molecule has 4 rings (SSSR count). The topological polar surface area (TPSA) is 149 Å². The van der Waals surface area contributed by atoms with Gasteiger partial charge in [-0.25, -0.2) is 4.79 Å². The first-order valence-corrected chi connectivity index (χ1v) is 12.0. The number of carbonyl (C=O) groups excluding carboxylic acids is 3. The number of hydrogen-bond donors (Lipinski definition) is 2. The minimum Gasteiger partial charge on any atom is -0.496 e. The molecule has 1 aromatic rings. The summed E-state index contributed by atoms with van der Waals surface area (Å²) in [5, 5.41) is 9.06. The molecule has 0 aliphatic carbocycles. The van der Waals surface area contributed by atoms with Crippen LogP contribution in [0.2, 0.25) is 0 Å². The Labute approximate surface area is 209 Å². The molecule has 0 aromatic heterocycles. The van der Waals surface area contributed by atoms with Crippen LogP contribution in [0.15, 0.2) is 6.07 Å². The number of aliphatic carboxylic acids is 1. The molecule has 11 heteroatoms. The first-order chi connectivity index (χ1) is 16.9. The molecule has 3 N–H and O–H groups in total. The maximum atomic E-state index is 13.3. The van der Waals surface area contributed by atoms with Gasteiger partial charge in [-0.3, -0.25) is 14.4 Å². The van der Waals surface area contributed by atoms with Crippen molar-refractivity contribution in [2.24, 2.45) is 5.73 Å². The van der Waals surface area contributed by atoms with Crippen LogP contribution in [0, 0.1) is 0 Å². The van der Waals surface area contributed by atoms with E-state index in [1.807, 2.05) is 26.8 Å². The second-order valence-electron chi connectivity index (χ2n) is 10.6. The molecule has 3 heterocycles. The van der Waals surface area contributed by atoms with Crippen LogP contribution in [0.3, 0.4) is 0 Å². The first-order valence-electron chi connectivity index (χ1n) is 12.0. The summed E-state index contributed by atoms with van der Waals surface area (Å²) in [7, 11) is 1.47. The maximum Gasteiger partial charge on any atom is 0.410 e. The van der Waals surface area contributed by atoms with Crippen LogP contribution in [0.4, 0.5) is 4.79 Å². The second-order valence-corrected chi connectivity index (χ2v) is 10.6. The Kier molecular flexibility index (Phi) is 6.52. The first kappa shape index (κ1) is 25.6. The molecule has 1 fully saturated rings. The molecule has 196 valence electrons. The number of nitrogens with zero attached hydrogens (tertiary/aromatic N) is 2. The zero-order valence-corrected chi connectivity index (χ0v) is 21.1. The standard InChI is InChI=1S/C25H33N3O8/c1-24(2,3)36-23(33)27-9-7-25(8-10-27)13-35-20-14-12-28(16(21(26)31)5-6-18(29)30)22(32)19(14)17(34-4)11-15(20)25/h11,16H,5-10,12-13H2,1-4H3,(H2,26,31)(H,29,30). The smallest absolute Gasteiger partial charge is 0.410 e. The molecule has 36 heavy (non-hydrogen) atoms. The fourth-order valence-electron chi connectivity index (χ4n) is 5.29. The largest absolute Gasteiger partial charge is 0.496 e. The third kappa shape index (κ3) is 4.54. The van der Waals surface area contributed by atoms with Gasteiger partial charge in [0.15, 0.2) is 0 Å². The molecule has 1 aromatic carbocycles. The van der Waals surface area contributed by atoms with Gasteiger partial charge in [0.25, 0.3) is 5.91 Å². The van der Waals surface area contributed by atoms with Crippen molar-refractivity contribution in [3.05, 3.63) is 22.8 Å². The minimum atomic E-state index is -1.08. The molecule has 0 radical (unpaired) electrons. The number of ether oxygens (including phenoxy) is 3. The normalized spacial score (nSPS) is 18.9. The Hall–Kier alpha value is -3.50. The summed E-state index contributed by atoms with van der Waals surface area (Å²) < 4.78 is 17.3. The Bertz CT molecular complexity index is 1100. The van der Waals surface area contributed by atoms with Crippen molar-refractivity contribution in [3.8, 4) is 11.5 Å². The highest BCUT2D eigenvalue weighted by atomic mass is 16.6. The number of carboxylic acid groups (broad SMARTS) is 1. The minimum absolute atomic E-state index is 0.0705. The SMILES string of the molecule is COc1cc2c(c3c1C(=O)N(C(CCC(=O)O)C(N)=O)C3)OCC21CCN(C(=O)OC(C)(C)C)CC1. The van der Waals surface area contributed by atoms with Crippen molar-refractivity contribution in [2.45, 2.75) is 70.1 Å². The second kappa shape index (κ2) is 9.18. The molecular weight excluding hydrogens is 470 g/mol. The molecule has 0 saturated carbocycles. The summed E-state index contributed by atoms with van der Waals surface area (Å²) in [6, 6.07) is 0.760. The van der Waals surface area contributed by atoms with Gasteiger partial charge in [-0.2, -0.15) is 0 Å². The quantitative estimate of drug-likeness (QED) is 0.599. The predicted molar refractivity (Wildman–Crippen MR) is 127 cm³/mol. The summed E-state index contributed by atoms with van der Waals surface area (Å²) >= 11 is 0. The van der Waals surface area contributed by atoms with E-state index in [1.165, 1.54) is 12.0 Å². The molecule has 1 unspecified atom stereocenters. The average molecular weight is 504 g/mol. The van der Waals surface area contributed by atoms with Crippen LogP contribution < -0.4 is 15.2 Å². The van der Waals surface area contributed by atoms with Crippen LogP contribution in [0.5, 0.6) is 11.5 Å². The van der Waals surface area contributed by atoms with E-state index in [-0.39, 0.29) is 30.9 Å². The van der Waals surface area contributed by atoms with E-state index in [0.29, 0.717) is 55.2 Å². The Morgan fingerprint density at radius 3 is 2.47 bits per heavy atom. The van der Waals surface area contributed by atoms with E-state index in [2.05, 4.69) is 0 Å². The fraction of sp³-hybridized carbons (Fsp3) is 0.600. The van der Waals surface area contributed by atoms with E-state index >= 15 is 0 Å². The lowest BCUT2D eigenvalue weighted by atomic mass is 9.73. The van der Waals surface area contributed by atoms with Gasteiger partial charge in [0.2, 0.25) is 5.91 Å². The third-order valence-electron chi connectivity index (χ3n) is 7.14. The van der Waals surface area contributed by atoms with Gasteiger partial charge in [-0.05, 0) is 46.1 Å². The van der Waals surface area contributed by atoms with Crippen molar-refractivity contribution < 1.29 is 38.5 Å². The highest BCUT2D eigenvalue weighted by Gasteiger charge is 2.49. The molecule has 11 nitrogen and oxygen atoms in total. The van der Waals surface area contributed by atoms with Crippen molar-refractivity contribution in [1.29, 1.82) is 0 Å². The van der Waals surface area contributed by atoms with Gasteiger partial charge in [0.1, 0.15) is 23.1 Å². The number of benzene rings is 1. The number of piperidine rings is 1. The van der Waals surface area contributed by atoms with E-state index in [0.717, 1.165) is 5.56 Å². The summed E-state index contributed by atoms with van der Waals surface area (Å²) in [6.45, 7) is 6.97. The lowest BCUT2D eigenvalue weighted by molar-refractivity contribution is -0.137. The number of amides is 3. The van der Waals surface area contributed by atoms with E-state index < -0.39 is 29.4 Å². The van der Waals surface area contributed by atoms with Gasteiger partial charge < -0.3 is 34.9 Å². The zero-order valence-electron chi connectivity index (χ0n) is 21.1. The fourth-order valence-corrected chi connectivity index (χ4v) is 5.29. The molecule has 0 bridgehead atoms. The molecule has 1 atom stereocenters. The van der Waals surface area contributed by atoms with Crippen LogP contribution in [0.25, 0.3) is 0 Å². The van der Waals surface area contributed by atoms with Crippen LogP contribution in [0.1, 0.15) is 67.9 Å². The lowest BCUT2D eigenvalue weighted by Gasteiger charge is -2.39. The number of hydrogen-bond acceptors (Lipinski definition) is 7. The number of primary amides is 1. The van der Waals surface area contributed by atoms with E-state index in [9.17, 15) is 19.2 Å².